The van der Waals surface area contributed by atoms with Gasteiger partial charge in [0.25, 0.3) is 15.9 Å². The lowest BCUT2D eigenvalue weighted by molar-refractivity contribution is -0.0498. The first-order valence-electron chi connectivity index (χ1n) is 11.3. The van der Waals surface area contributed by atoms with Crippen molar-refractivity contribution in [3.05, 3.63) is 77.3 Å². The summed E-state index contributed by atoms with van der Waals surface area (Å²) in [6.45, 7) is -1.54. The van der Waals surface area contributed by atoms with Crippen molar-refractivity contribution in [3.8, 4) is 5.75 Å². The van der Waals surface area contributed by atoms with Crippen LogP contribution >= 0.6 is 11.6 Å². The molecule has 4 rings (SSSR count). The van der Waals surface area contributed by atoms with E-state index in [2.05, 4.69) is 14.8 Å². The highest BCUT2D eigenvalue weighted by atomic mass is 35.5. The monoisotopic (exact) mass is 535 g/mol. The third kappa shape index (κ3) is 6.24. The number of hydrogen-bond acceptors (Lipinski definition) is 5. The third-order valence-electron chi connectivity index (χ3n) is 5.66. The Morgan fingerprint density at radius 2 is 1.67 bits per heavy atom. The molecule has 2 N–H and O–H groups in total. The molecule has 0 aromatic heterocycles. The molecule has 0 spiro atoms. The predicted molar refractivity (Wildman–Crippen MR) is 136 cm³/mol. The maximum Gasteiger partial charge on any atom is 0.387 e. The fourth-order valence-corrected chi connectivity index (χ4v) is 5.51. The fraction of sp³-hybridized carbons (Fsp3) is 0.240. The van der Waals surface area contributed by atoms with Crippen LogP contribution in [-0.4, -0.2) is 34.0 Å². The summed E-state index contributed by atoms with van der Waals surface area (Å²) in [6, 6.07) is 16.4. The van der Waals surface area contributed by atoms with Crippen LogP contribution in [-0.2, 0) is 10.0 Å². The smallest absolute Gasteiger partial charge is 0.387 e. The number of nitrogens with zero attached hydrogens (tertiary/aromatic N) is 1. The van der Waals surface area contributed by atoms with Crippen LogP contribution in [0.4, 0.5) is 25.8 Å². The molecule has 0 saturated carbocycles. The highest BCUT2D eigenvalue weighted by Crippen LogP contribution is 2.33. The van der Waals surface area contributed by atoms with E-state index in [9.17, 15) is 22.0 Å². The van der Waals surface area contributed by atoms with E-state index in [1.54, 1.807) is 36.4 Å². The molecule has 3 aromatic rings. The van der Waals surface area contributed by atoms with Crippen molar-refractivity contribution >= 4 is 44.6 Å². The molecule has 11 heteroatoms. The number of carbonyl (C=O) groups is 1. The Kier molecular flexibility index (Phi) is 7.95. The number of halogens is 3. The van der Waals surface area contributed by atoms with Crippen molar-refractivity contribution in [2.45, 2.75) is 30.8 Å². The third-order valence-corrected chi connectivity index (χ3v) is 7.39. The molecule has 7 nitrogen and oxygen atoms in total. The number of rotatable bonds is 8. The minimum Gasteiger partial charge on any atom is -0.435 e. The van der Waals surface area contributed by atoms with Gasteiger partial charge in [0.15, 0.2) is 0 Å². The second kappa shape index (κ2) is 11.1. The molecule has 1 fully saturated rings. The van der Waals surface area contributed by atoms with Gasteiger partial charge in [0, 0.05) is 24.3 Å². The maximum absolute atomic E-state index is 13.5. The van der Waals surface area contributed by atoms with Crippen molar-refractivity contribution in [2.24, 2.45) is 0 Å². The zero-order chi connectivity index (χ0) is 25.7. The summed E-state index contributed by atoms with van der Waals surface area (Å²) in [7, 11) is -4.07. The van der Waals surface area contributed by atoms with Crippen molar-refractivity contribution in [1.82, 2.24) is 0 Å². The molecule has 1 amide bonds. The molecule has 1 aliphatic rings. The number of piperidine rings is 1. The Balaban J connectivity index is 1.63. The van der Waals surface area contributed by atoms with Crippen LogP contribution < -0.4 is 19.7 Å². The molecule has 3 aromatic carbocycles. The summed E-state index contributed by atoms with van der Waals surface area (Å²) in [5.41, 5.74) is 1.22. The first-order valence-corrected chi connectivity index (χ1v) is 13.1. The van der Waals surface area contributed by atoms with E-state index >= 15 is 0 Å². The summed E-state index contributed by atoms with van der Waals surface area (Å²) >= 11 is 6.17. The van der Waals surface area contributed by atoms with E-state index in [0.29, 0.717) is 18.8 Å². The lowest BCUT2D eigenvalue weighted by Gasteiger charge is -2.30. The lowest BCUT2D eigenvalue weighted by Crippen LogP contribution is -2.31. The number of ether oxygens (including phenoxy) is 1. The number of benzene rings is 3. The first-order chi connectivity index (χ1) is 17.2. The molecule has 0 atom stereocenters. The molecule has 0 unspecified atom stereocenters. The van der Waals surface area contributed by atoms with Crippen LogP contribution in [0, 0.1) is 0 Å². The second-order valence-electron chi connectivity index (χ2n) is 8.17. The van der Waals surface area contributed by atoms with Crippen molar-refractivity contribution in [3.63, 3.8) is 0 Å². The van der Waals surface area contributed by atoms with Crippen molar-refractivity contribution in [1.29, 1.82) is 0 Å². The van der Waals surface area contributed by atoms with Gasteiger partial charge in [0.1, 0.15) is 10.6 Å². The molecule has 190 valence electrons. The van der Waals surface area contributed by atoms with Gasteiger partial charge in [-0.2, -0.15) is 8.78 Å². The maximum atomic E-state index is 13.5. The Morgan fingerprint density at radius 3 is 2.33 bits per heavy atom. The summed E-state index contributed by atoms with van der Waals surface area (Å²) < 4.78 is 58.5. The predicted octanol–water partition coefficient (Wildman–Crippen LogP) is 5.98. The van der Waals surface area contributed by atoms with Crippen LogP contribution in [0.5, 0.6) is 5.75 Å². The SMILES string of the molecule is O=C(Nc1ccc(N2CCCCC2)c(S(=O)(=O)Nc2ccccc2Cl)c1)c1ccc(OC(F)F)cc1. The van der Waals surface area contributed by atoms with Crippen LogP contribution in [0.15, 0.2) is 71.6 Å². The number of alkyl halides is 2. The Morgan fingerprint density at radius 1 is 0.972 bits per heavy atom. The summed E-state index contributed by atoms with van der Waals surface area (Å²) in [5, 5.41) is 2.93. The molecular weight excluding hydrogens is 512 g/mol. The molecular formula is C25H24ClF2N3O4S. The molecule has 0 aliphatic carbocycles. The number of carbonyl (C=O) groups excluding carboxylic acids is 1. The number of hydrogen-bond donors (Lipinski definition) is 2. The van der Waals surface area contributed by atoms with Crippen molar-refractivity contribution in [2.75, 3.05) is 28.0 Å². The van der Waals surface area contributed by atoms with E-state index in [4.69, 9.17) is 11.6 Å². The van der Waals surface area contributed by atoms with Gasteiger partial charge >= 0.3 is 6.61 Å². The summed E-state index contributed by atoms with van der Waals surface area (Å²) in [4.78, 5) is 14.8. The van der Waals surface area contributed by atoms with Gasteiger partial charge < -0.3 is 15.0 Å². The first kappa shape index (κ1) is 25.7. The quantitative estimate of drug-likeness (QED) is 0.370. The van der Waals surface area contributed by atoms with E-state index in [-0.39, 0.29) is 32.6 Å². The number of para-hydroxylation sites is 1. The average molecular weight is 536 g/mol. The summed E-state index contributed by atoms with van der Waals surface area (Å²) in [5.74, 6) is -0.613. The van der Waals surface area contributed by atoms with Crippen LogP contribution in [0.25, 0.3) is 0 Å². The van der Waals surface area contributed by atoms with E-state index in [1.165, 1.54) is 30.3 Å². The van der Waals surface area contributed by atoms with Gasteiger partial charge in [-0.3, -0.25) is 9.52 Å². The topological polar surface area (TPSA) is 87.7 Å². The Labute approximate surface area is 213 Å². The van der Waals surface area contributed by atoms with E-state index in [0.717, 1.165) is 19.3 Å². The average Bonchev–Trinajstić information content (AvgIpc) is 2.86. The van der Waals surface area contributed by atoms with Crippen molar-refractivity contribution < 1.29 is 26.7 Å². The molecule has 1 aliphatic heterocycles. The van der Waals surface area contributed by atoms with E-state index in [1.807, 2.05) is 4.90 Å². The highest BCUT2D eigenvalue weighted by Gasteiger charge is 2.25. The van der Waals surface area contributed by atoms with Gasteiger partial charge in [-0.1, -0.05) is 23.7 Å². The number of amides is 1. The van der Waals surface area contributed by atoms with Crippen LogP contribution in [0.1, 0.15) is 29.6 Å². The molecule has 0 radical (unpaired) electrons. The number of nitrogens with one attached hydrogen (secondary N) is 2. The van der Waals surface area contributed by atoms with Gasteiger partial charge in [-0.05, 0) is 73.9 Å². The van der Waals surface area contributed by atoms with E-state index < -0.39 is 22.5 Å². The van der Waals surface area contributed by atoms with Gasteiger partial charge in [-0.25, -0.2) is 8.42 Å². The van der Waals surface area contributed by atoms with Gasteiger partial charge in [-0.15, -0.1) is 0 Å². The highest BCUT2D eigenvalue weighted by molar-refractivity contribution is 7.93. The fourth-order valence-electron chi connectivity index (χ4n) is 3.94. The largest absolute Gasteiger partial charge is 0.435 e. The molecule has 0 bridgehead atoms. The standard InChI is InChI=1S/C25H24ClF2N3O4S/c26-20-6-2-3-7-21(20)30-36(33,34)23-16-18(10-13-22(23)31-14-4-1-5-15-31)29-24(32)17-8-11-19(12-9-17)35-25(27)28/h2-3,6-13,16,25,30H,1,4-5,14-15H2,(H,29,32). The zero-order valence-electron chi connectivity index (χ0n) is 19.1. The van der Waals surface area contributed by atoms with Crippen LogP contribution in [0.3, 0.4) is 0 Å². The normalized spacial score (nSPS) is 13.9. The summed E-state index contributed by atoms with van der Waals surface area (Å²) in [6.07, 6.45) is 2.97. The molecule has 36 heavy (non-hydrogen) atoms. The molecule has 1 saturated heterocycles. The lowest BCUT2D eigenvalue weighted by atomic mass is 10.1. The van der Waals surface area contributed by atoms with Gasteiger partial charge in [0.05, 0.1) is 16.4 Å². The minimum absolute atomic E-state index is 0.00259. The Bertz CT molecular complexity index is 1330. The number of sulfonamides is 1. The minimum atomic E-state index is -4.07. The second-order valence-corrected chi connectivity index (χ2v) is 10.2. The number of anilines is 3. The molecule has 1 heterocycles. The zero-order valence-corrected chi connectivity index (χ0v) is 20.7. The Hall–Kier alpha value is -3.37. The van der Waals surface area contributed by atoms with Crippen LogP contribution in [0.2, 0.25) is 5.02 Å². The van der Waals surface area contributed by atoms with Gasteiger partial charge in [0.2, 0.25) is 0 Å².